The third-order valence-electron chi connectivity index (χ3n) is 1.61. The van der Waals surface area contributed by atoms with Crippen LogP contribution in [0.4, 0.5) is 0 Å². The van der Waals surface area contributed by atoms with E-state index in [4.69, 9.17) is 0 Å². The summed E-state index contributed by atoms with van der Waals surface area (Å²) in [5.74, 6) is -0.0142. The summed E-state index contributed by atoms with van der Waals surface area (Å²) < 4.78 is 0. The third-order valence-corrected chi connectivity index (χ3v) is 1.61. The molecular formula is C10H17NO. The lowest BCUT2D eigenvalue weighted by Gasteiger charge is -2.04. The van der Waals surface area contributed by atoms with Gasteiger partial charge in [-0.25, -0.2) is 0 Å². The number of carbonyl (C=O) groups is 1. The minimum absolute atomic E-state index is 0.0142. The third kappa shape index (κ3) is 3.96. The summed E-state index contributed by atoms with van der Waals surface area (Å²) in [7, 11) is 0. The SMILES string of the molecule is C/C=C(/C)C(=O)N/C(C)=C/CC. The van der Waals surface area contributed by atoms with E-state index in [0.717, 1.165) is 17.7 Å². The van der Waals surface area contributed by atoms with E-state index >= 15 is 0 Å². The zero-order valence-corrected chi connectivity index (χ0v) is 8.27. The fourth-order valence-electron chi connectivity index (χ4n) is 0.766. The van der Waals surface area contributed by atoms with Gasteiger partial charge in [0, 0.05) is 11.3 Å². The van der Waals surface area contributed by atoms with Gasteiger partial charge in [0.2, 0.25) is 0 Å². The molecule has 0 aliphatic carbocycles. The van der Waals surface area contributed by atoms with E-state index in [1.54, 1.807) is 13.0 Å². The van der Waals surface area contributed by atoms with Crippen LogP contribution >= 0.6 is 0 Å². The molecule has 0 bridgehead atoms. The molecule has 2 heteroatoms. The predicted octanol–water partition coefficient (Wildman–Crippen LogP) is 2.38. The lowest BCUT2D eigenvalue weighted by molar-refractivity contribution is -0.116. The van der Waals surface area contributed by atoms with Crippen molar-refractivity contribution in [1.29, 1.82) is 0 Å². The maximum Gasteiger partial charge on any atom is 0.250 e. The lowest BCUT2D eigenvalue weighted by Crippen LogP contribution is -2.21. The highest BCUT2D eigenvalue weighted by Crippen LogP contribution is 1.95. The van der Waals surface area contributed by atoms with Crippen LogP contribution < -0.4 is 5.32 Å². The second-order valence-corrected chi connectivity index (χ2v) is 2.72. The van der Waals surface area contributed by atoms with Crippen molar-refractivity contribution in [1.82, 2.24) is 5.32 Å². The first-order chi connectivity index (χ1) is 5.61. The Morgan fingerprint density at radius 3 is 2.42 bits per heavy atom. The average Bonchev–Trinajstić information content (AvgIpc) is 2.03. The molecule has 0 rings (SSSR count). The molecule has 12 heavy (non-hydrogen) atoms. The number of amides is 1. The van der Waals surface area contributed by atoms with Crippen LogP contribution in [0.1, 0.15) is 34.1 Å². The molecule has 0 aliphatic heterocycles. The summed E-state index contributed by atoms with van der Waals surface area (Å²) in [4.78, 5) is 11.2. The summed E-state index contributed by atoms with van der Waals surface area (Å²) in [5, 5.41) is 2.79. The fraction of sp³-hybridized carbons (Fsp3) is 0.500. The molecule has 0 saturated heterocycles. The smallest absolute Gasteiger partial charge is 0.250 e. The van der Waals surface area contributed by atoms with Gasteiger partial charge in [0.15, 0.2) is 0 Å². The highest BCUT2D eigenvalue weighted by atomic mass is 16.1. The van der Waals surface area contributed by atoms with Gasteiger partial charge in [-0.15, -0.1) is 0 Å². The highest BCUT2D eigenvalue weighted by Gasteiger charge is 2.01. The van der Waals surface area contributed by atoms with Crippen LogP contribution in [-0.2, 0) is 4.79 Å². The van der Waals surface area contributed by atoms with Crippen LogP contribution in [0.15, 0.2) is 23.4 Å². The molecule has 0 spiro atoms. The van der Waals surface area contributed by atoms with E-state index < -0.39 is 0 Å². The Kier molecular flexibility index (Phi) is 5.09. The Bertz CT molecular complexity index is 214. The van der Waals surface area contributed by atoms with Crippen molar-refractivity contribution in [3.05, 3.63) is 23.4 Å². The molecule has 0 atom stereocenters. The van der Waals surface area contributed by atoms with Gasteiger partial charge in [0.05, 0.1) is 0 Å². The number of allylic oxidation sites excluding steroid dienone is 3. The van der Waals surface area contributed by atoms with Gasteiger partial charge in [-0.05, 0) is 27.2 Å². The molecule has 1 N–H and O–H groups in total. The van der Waals surface area contributed by atoms with Crippen molar-refractivity contribution < 1.29 is 4.79 Å². The van der Waals surface area contributed by atoms with Gasteiger partial charge < -0.3 is 5.32 Å². The number of hydrogen-bond donors (Lipinski definition) is 1. The monoisotopic (exact) mass is 167 g/mol. The molecule has 0 radical (unpaired) electrons. The topological polar surface area (TPSA) is 29.1 Å². The Hall–Kier alpha value is -1.05. The molecule has 0 aliphatic rings. The largest absolute Gasteiger partial charge is 0.327 e. The van der Waals surface area contributed by atoms with Crippen molar-refractivity contribution in [3.63, 3.8) is 0 Å². The first-order valence-corrected chi connectivity index (χ1v) is 4.22. The second-order valence-electron chi connectivity index (χ2n) is 2.72. The van der Waals surface area contributed by atoms with Crippen LogP contribution in [0, 0.1) is 0 Å². The summed E-state index contributed by atoms with van der Waals surface area (Å²) >= 11 is 0. The van der Waals surface area contributed by atoms with Crippen molar-refractivity contribution >= 4 is 5.91 Å². The van der Waals surface area contributed by atoms with Gasteiger partial charge in [0.1, 0.15) is 0 Å². The molecule has 0 aromatic carbocycles. The molecule has 0 aromatic rings. The minimum Gasteiger partial charge on any atom is -0.327 e. The van der Waals surface area contributed by atoms with E-state index in [-0.39, 0.29) is 5.91 Å². The summed E-state index contributed by atoms with van der Waals surface area (Å²) in [6, 6.07) is 0. The number of carbonyl (C=O) groups excluding carboxylic acids is 1. The van der Waals surface area contributed by atoms with Crippen LogP contribution in [0.5, 0.6) is 0 Å². The van der Waals surface area contributed by atoms with Crippen molar-refractivity contribution in [2.45, 2.75) is 34.1 Å². The van der Waals surface area contributed by atoms with E-state index in [1.165, 1.54) is 0 Å². The lowest BCUT2D eigenvalue weighted by atomic mass is 10.2. The molecule has 0 fully saturated rings. The fourth-order valence-corrected chi connectivity index (χ4v) is 0.766. The van der Waals surface area contributed by atoms with E-state index in [1.807, 2.05) is 26.8 Å². The molecule has 0 unspecified atom stereocenters. The predicted molar refractivity (Wildman–Crippen MR) is 51.6 cm³/mol. The standard InChI is InChI=1S/C10H17NO/c1-5-7-9(4)11-10(12)8(3)6-2/h6-7H,5H2,1-4H3,(H,11,12)/b8-6-,9-7+. The summed E-state index contributed by atoms with van der Waals surface area (Å²) in [6.07, 6.45) is 4.73. The summed E-state index contributed by atoms with van der Waals surface area (Å²) in [6.45, 7) is 7.59. The maximum absolute atomic E-state index is 11.2. The Labute approximate surface area is 74.4 Å². The van der Waals surface area contributed by atoms with Gasteiger partial charge in [-0.2, -0.15) is 0 Å². The van der Waals surface area contributed by atoms with Crippen LogP contribution in [0.25, 0.3) is 0 Å². The molecule has 68 valence electrons. The number of rotatable bonds is 3. The highest BCUT2D eigenvalue weighted by molar-refractivity contribution is 5.93. The van der Waals surface area contributed by atoms with Crippen LogP contribution in [0.3, 0.4) is 0 Å². The first kappa shape index (κ1) is 11.0. The van der Waals surface area contributed by atoms with Crippen LogP contribution in [-0.4, -0.2) is 5.91 Å². The average molecular weight is 167 g/mol. The summed E-state index contributed by atoms with van der Waals surface area (Å²) in [5.41, 5.74) is 1.67. The Balaban J connectivity index is 4.10. The first-order valence-electron chi connectivity index (χ1n) is 4.22. The molecule has 2 nitrogen and oxygen atoms in total. The van der Waals surface area contributed by atoms with Crippen LogP contribution in [0.2, 0.25) is 0 Å². The normalized spacial score (nSPS) is 13.0. The zero-order chi connectivity index (χ0) is 9.56. The molecule has 0 heterocycles. The van der Waals surface area contributed by atoms with Gasteiger partial charge >= 0.3 is 0 Å². The second kappa shape index (κ2) is 5.58. The zero-order valence-electron chi connectivity index (χ0n) is 8.27. The Morgan fingerprint density at radius 2 is 2.00 bits per heavy atom. The number of nitrogens with one attached hydrogen (secondary N) is 1. The Morgan fingerprint density at radius 1 is 1.42 bits per heavy atom. The molecule has 0 saturated carbocycles. The van der Waals surface area contributed by atoms with E-state index in [9.17, 15) is 4.79 Å². The maximum atomic E-state index is 11.2. The van der Waals surface area contributed by atoms with E-state index in [0.29, 0.717) is 0 Å². The van der Waals surface area contributed by atoms with Gasteiger partial charge in [0.25, 0.3) is 5.91 Å². The molecular weight excluding hydrogens is 150 g/mol. The molecule has 1 amide bonds. The quantitative estimate of drug-likeness (QED) is 0.642. The van der Waals surface area contributed by atoms with Crippen molar-refractivity contribution in [2.75, 3.05) is 0 Å². The van der Waals surface area contributed by atoms with Gasteiger partial charge in [-0.1, -0.05) is 19.1 Å². The molecule has 0 aromatic heterocycles. The van der Waals surface area contributed by atoms with Crippen molar-refractivity contribution in [2.24, 2.45) is 0 Å². The van der Waals surface area contributed by atoms with Crippen molar-refractivity contribution in [3.8, 4) is 0 Å². The number of hydrogen-bond acceptors (Lipinski definition) is 1. The van der Waals surface area contributed by atoms with E-state index in [2.05, 4.69) is 5.32 Å². The van der Waals surface area contributed by atoms with Gasteiger partial charge in [-0.3, -0.25) is 4.79 Å². The minimum atomic E-state index is -0.0142.